The molecule has 0 amide bonds. The summed E-state index contributed by atoms with van der Waals surface area (Å²) in [5, 5.41) is 5.45. The van der Waals surface area contributed by atoms with Crippen molar-refractivity contribution in [3.63, 3.8) is 0 Å². The first-order valence-electron chi connectivity index (χ1n) is 7.46. The van der Waals surface area contributed by atoms with E-state index in [0.29, 0.717) is 23.4 Å². The smallest absolute Gasteiger partial charge is 0.283 e. The van der Waals surface area contributed by atoms with E-state index in [-0.39, 0.29) is 4.90 Å². The van der Waals surface area contributed by atoms with E-state index in [1.165, 1.54) is 6.20 Å². The van der Waals surface area contributed by atoms with Crippen LogP contribution in [-0.4, -0.2) is 24.2 Å². The van der Waals surface area contributed by atoms with Crippen molar-refractivity contribution >= 4 is 20.8 Å². The van der Waals surface area contributed by atoms with Crippen molar-refractivity contribution in [3.05, 3.63) is 54.4 Å². The van der Waals surface area contributed by atoms with Crippen molar-refractivity contribution in [2.75, 3.05) is 6.61 Å². The molecule has 0 saturated carbocycles. The lowest BCUT2D eigenvalue weighted by Gasteiger charge is -2.12. The lowest BCUT2D eigenvalue weighted by atomic mass is 10.1. The molecule has 0 bridgehead atoms. The second kappa shape index (κ2) is 6.04. The number of benzene rings is 2. The molecule has 0 saturated heterocycles. The molecule has 0 unspecified atom stereocenters. The van der Waals surface area contributed by atoms with Crippen LogP contribution in [0.3, 0.4) is 0 Å². The lowest BCUT2D eigenvalue weighted by Crippen LogP contribution is -2.14. The van der Waals surface area contributed by atoms with Crippen LogP contribution in [0.25, 0.3) is 10.8 Å². The number of ether oxygens (including phenoxy) is 1. The Bertz CT molecular complexity index is 945. The summed E-state index contributed by atoms with van der Waals surface area (Å²) in [5.74, 6) is 0.693. The van der Waals surface area contributed by atoms with Crippen molar-refractivity contribution in [2.24, 2.45) is 0 Å². The molecule has 2 aromatic carbocycles. The van der Waals surface area contributed by atoms with Gasteiger partial charge in [0.1, 0.15) is 5.75 Å². The van der Waals surface area contributed by atoms with Gasteiger partial charge >= 0.3 is 0 Å². The average molecular weight is 330 g/mol. The Morgan fingerprint density at radius 2 is 1.83 bits per heavy atom. The molecule has 0 aliphatic carbocycles. The highest BCUT2D eigenvalue weighted by Crippen LogP contribution is 2.32. The fourth-order valence-corrected chi connectivity index (χ4v) is 3.79. The van der Waals surface area contributed by atoms with Crippen molar-refractivity contribution in [1.29, 1.82) is 0 Å². The zero-order valence-corrected chi connectivity index (χ0v) is 13.9. The van der Waals surface area contributed by atoms with Crippen molar-refractivity contribution in [2.45, 2.75) is 25.2 Å². The summed E-state index contributed by atoms with van der Waals surface area (Å²) in [7, 11) is -3.73. The Balaban J connectivity index is 2.19. The minimum Gasteiger partial charge on any atom is -0.493 e. The number of hydrogen-bond acceptors (Lipinski definition) is 4. The van der Waals surface area contributed by atoms with E-state index in [1.54, 1.807) is 31.2 Å². The van der Waals surface area contributed by atoms with Crippen molar-refractivity contribution < 1.29 is 13.2 Å². The Kier molecular flexibility index (Phi) is 4.09. The number of hydrogen-bond donors (Lipinski definition) is 0. The van der Waals surface area contributed by atoms with Crippen LogP contribution in [-0.2, 0) is 10.0 Å². The maximum Gasteiger partial charge on any atom is 0.283 e. The van der Waals surface area contributed by atoms with Crippen LogP contribution in [0.2, 0.25) is 0 Å². The van der Waals surface area contributed by atoms with E-state index in [2.05, 4.69) is 5.10 Å². The van der Waals surface area contributed by atoms with E-state index >= 15 is 0 Å². The molecule has 6 heteroatoms. The Labute approximate surface area is 135 Å². The van der Waals surface area contributed by atoms with Gasteiger partial charge < -0.3 is 4.74 Å². The largest absolute Gasteiger partial charge is 0.493 e. The van der Waals surface area contributed by atoms with Gasteiger partial charge in [0.15, 0.2) is 0 Å². The molecule has 5 nitrogen and oxygen atoms in total. The van der Waals surface area contributed by atoms with E-state index in [4.69, 9.17) is 4.74 Å². The molecule has 120 valence electrons. The molecule has 0 aliphatic heterocycles. The third kappa shape index (κ3) is 2.82. The first-order chi connectivity index (χ1) is 11.0. The summed E-state index contributed by atoms with van der Waals surface area (Å²) in [6.07, 6.45) is 2.35. The fraction of sp³-hybridized carbons (Fsp3) is 0.235. The van der Waals surface area contributed by atoms with Gasteiger partial charge in [0.25, 0.3) is 10.0 Å². The van der Waals surface area contributed by atoms with E-state index < -0.39 is 10.0 Å². The zero-order valence-electron chi connectivity index (χ0n) is 13.1. The topological polar surface area (TPSA) is 61.2 Å². The van der Waals surface area contributed by atoms with Gasteiger partial charge in [-0.3, -0.25) is 0 Å². The van der Waals surface area contributed by atoms with Gasteiger partial charge in [-0.05, 0) is 31.5 Å². The summed E-state index contributed by atoms with van der Waals surface area (Å²) in [4.78, 5) is 0.222. The monoisotopic (exact) mass is 330 g/mol. The summed E-state index contributed by atoms with van der Waals surface area (Å²) in [6.45, 7) is 4.38. The van der Waals surface area contributed by atoms with E-state index in [0.717, 1.165) is 15.9 Å². The molecule has 0 aliphatic rings. The highest BCUT2D eigenvalue weighted by molar-refractivity contribution is 7.90. The standard InChI is InChI=1S/C17H18N2O3S/c1-3-12-22-16-8-9-17(15-7-5-4-6-14(15)16)23(20,21)19-11-10-13(2)18-19/h4-11H,3,12H2,1-2H3. The zero-order chi connectivity index (χ0) is 16.4. The van der Waals surface area contributed by atoms with Crippen LogP contribution >= 0.6 is 0 Å². The van der Waals surface area contributed by atoms with Gasteiger partial charge in [0, 0.05) is 17.0 Å². The van der Waals surface area contributed by atoms with Crippen molar-refractivity contribution in [1.82, 2.24) is 9.19 Å². The third-order valence-electron chi connectivity index (χ3n) is 3.53. The van der Waals surface area contributed by atoms with Gasteiger partial charge in [0.05, 0.1) is 17.2 Å². The SMILES string of the molecule is CCCOc1ccc(S(=O)(=O)n2ccc(C)n2)c2ccccc12. The molecular formula is C17H18N2O3S. The molecule has 0 spiro atoms. The Morgan fingerprint density at radius 1 is 1.09 bits per heavy atom. The first-order valence-corrected chi connectivity index (χ1v) is 8.90. The highest BCUT2D eigenvalue weighted by Gasteiger charge is 2.21. The fourth-order valence-electron chi connectivity index (χ4n) is 2.43. The van der Waals surface area contributed by atoms with Crippen molar-refractivity contribution in [3.8, 4) is 5.75 Å². The van der Waals surface area contributed by atoms with Crippen LogP contribution < -0.4 is 4.74 Å². The molecule has 0 fully saturated rings. The van der Waals surface area contributed by atoms with Gasteiger partial charge in [-0.1, -0.05) is 31.2 Å². The van der Waals surface area contributed by atoms with Gasteiger partial charge in [-0.25, -0.2) is 0 Å². The van der Waals surface area contributed by atoms with E-state index in [9.17, 15) is 8.42 Å². The quantitative estimate of drug-likeness (QED) is 0.719. The maximum absolute atomic E-state index is 12.8. The van der Waals surface area contributed by atoms with Gasteiger partial charge in [-0.2, -0.15) is 17.6 Å². The number of nitrogens with zero attached hydrogens (tertiary/aromatic N) is 2. The molecule has 3 aromatic rings. The predicted octanol–water partition coefficient (Wildman–Crippen LogP) is 3.37. The minimum absolute atomic E-state index is 0.222. The van der Waals surface area contributed by atoms with Crippen LogP contribution in [0.1, 0.15) is 19.0 Å². The second-order valence-corrected chi connectivity index (χ2v) is 7.05. The van der Waals surface area contributed by atoms with Gasteiger partial charge in [-0.15, -0.1) is 0 Å². The van der Waals surface area contributed by atoms with E-state index in [1.807, 2.05) is 25.1 Å². The molecule has 0 N–H and O–H groups in total. The third-order valence-corrected chi connectivity index (χ3v) is 5.14. The van der Waals surface area contributed by atoms with Gasteiger partial charge in [0.2, 0.25) is 0 Å². The average Bonchev–Trinajstić information content (AvgIpc) is 2.99. The lowest BCUT2D eigenvalue weighted by molar-refractivity contribution is 0.321. The summed E-state index contributed by atoms with van der Waals surface area (Å²) in [6, 6.07) is 12.3. The molecule has 3 rings (SSSR count). The summed E-state index contributed by atoms with van der Waals surface area (Å²) < 4.78 is 32.4. The highest BCUT2D eigenvalue weighted by atomic mass is 32.2. The van der Waals surface area contributed by atoms with Crippen LogP contribution in [0, 0.1) is 6.92 Å². The summed E-state index contributed by atoms with van der Waals surface area (Å²) in [5.41, 5.74) is 0.653. The molecule has 0 atom stereocenters. The first kappa shape index (κ1) is 15.6. The number of aromatic nitrogens is 2. The molecule has 1 aromatic heterocycles. The molecule has 1 heterocycles. The van der Waals surface area contributed by atoms with Crippen LogP contribution in [0.15, 0.2) is 53.6 Å². The Hall–Kier alpha value is -2.34. The number of aryl methyl sites for hydroxylation is 1. The normalized spacial score (nSPS) is 11.7. The molecule has 0 radical (unpaired) electrons. The molecule has 23 heavy (non-hydrogen) atoms. The number of rotatable bonds is 5. The van der Waals surface area contributed by atoms with Crippen LogP contribution in [0.4, 0.5) is 0 Å². The number of fused-ring (bicyclic) bond motifs is 1. The van der Waals surface area contributed by atoms with Crippen LogP contribution in [0.5, 0.6) is 5.75 Å². The second-order valence-electron chi connectivity index (χ2n) is 5.29. The summed E-state index contributed by atoms with van der Waals surface area (Å²) >= 11 is 0. The minimum atomic E-state index is -3.73. The predicted molar refractivity (Wildman–Crippen MR) is 89.3 cm³/mol. The molecular weight excluding hydrogens is 312 g/mol. The maximum atomic E-state index is 12.8. The Morgan fingerprint density at radius 3 is 2.48 bits per heavy atom.